The Kier molecular flexibility index (Phi) is 7.14. The number of aromatic nitrogens is 1. The van der Waals surface area contributed by atoms with Gasteiger partial charge >= 0.3 is 0 Å². The molecular formula is C28H21ClN4O5S. The van der Waals surface area contributed by atoms with Crippen molar-refractivity contribution in [1.29, 1.82) is 0 Å². The first-order valence-electron chi connectivity index (χ1n) is 11.9. The van der Waals surface area contributed by atoms with Crippen LogP contribution in [-0.4, -0.2) is 20.9 Å². The molecule has 9 nitrogen and oxygen atoms in total. The molecule has 5 aromatic rings. The van der Waals surface area contributed by atoms with Crippen molar-refractivity contribution in [3.63, 3.8) is 0 Å². The van der Waals surface area contributed by atoms with E-state index in [1.54, 1.807) is 36.4 Å². The van der Waals surface area contributed by atoms with Crippen molar-refractivity contribution in [2.75, 3.05) is 5.32 Å². The number of nitro groups is 1. The molecule has 0 spiro atoms. The second-order valence-corrected chi connectivity index (χ2v) is 9.76. The molecule has 11 heteroatoms. The Morgan fingerprint density at radius 3 is 2.59 bits per heavy atom. The van der Waals surface area contributed by atoms with E-state index in [9.17, 15) is 14.9 Å². The number of hydrogen-bond acceptors (Lipinski definition) is 7. The van der Waals surface area contributed by atoms with Gasteiger partial charge in [0.2, 0.25) is 5.89 Å². The smallest absolute Gasteiger partial charge is 0.293 e. The van der Waals surface area contributed by atoms with Gasteiger partial charge in [0.05, 0.1) is 21.1 Å². The number of carbonyl (C=O) groups is 1. The number of furan rings is 1. The zero-order valence-electron chi connectivity index (χ0n) is 20.7. The van der Waals surface area contributed by atoms with Crippen molar-refractivity contribution in [3.8, 4) is 22.8 Å². The first-order chi connectivity index (χ1) is 18.7. The largest absolute Gasteiger partial charge is 0.451 e. The van der Waals surface area contributed by atoms with E-state index in [4.69, 9.17) is 32.7 Å². The van der Waals surface area contributed by atoms with Gasteiger partial charge in [0.15, 0.2) is 16.5 Å². The average molecular weight is 561 g/mol. The number of hydrogen-bond donors (Lipinski definition) is 2. The van der Waals surface area contributed by atoms with Crippen molar-refractivity contribution in [1.82, 2.24) is 10.3 Å². The molecule has 0 aliphatic heterocycles. The van der Waals surface area contributed by atoms with Crippen LogP contribution in [0.25, 0.3) is 33.9 Å². The number of anilines is 1. The van der Waals surface area contributed by atoms with Crippen LogP contribution in [0.1, 0.15) is 35.9 Å². The normalized spacial score (nSPS) is 11.1. The van der Waals surface area contributed by atoms with E-state index in [2.05, 4.69) is 29.5 Å². The van der Waals surface area contributed by atoms with Gasteiger partial charge in [0, 0.05) is 11.8 Å². The summed E-state index contributed by atoms with van der Waals surface area (Å²) in [5.41, 5.74) is 3.75. The van der Waals surface area contributed by atoms with E-state index in [0.717, 1.165) is 11.1 Å². The molecule has 1 amide bonds. The number of halogens is 1. The summed E-state index contributed by atoms with van der Waals surface area (Å²) in [6.07, 6.45) is 0. The summed E-state index contributed by atoms with van der Waals surface area (Å²) in [5, 5.41) is 17.2. The molecule has 5 rings (SSSR count). The van der Waals surface area contributed by atoms with Crippen molar-refractivity contribution >= 4 is 57.3 Å². The molecule has 196 valence electrons. The monoisotopic (exact) mass is 560 g/mol. The number of nitro benzene ring substituents is 1. The second kappa shape index (κ2) is 10.7. The molecule has 2 aromatic heterocycles. The van der Waals surface area contributed by atoms with Crippen LogP contribution in [0, 0.1) is 10.1 Å². The molecule has 2 N–H and O–H groups in total. The first kappa shape index (κ1) is 26.1. The number of oxazole rings is 1. The van der Waals surface area contributed by atoms with Crippen molar-refractivity contribution in [2.24, 2.45) is 0 Å². The summed E-state index contributed by atoms with van der Waals surface area (Å²) in [5.74, 6) is 0.217. The molecule has 0 saturated carbocycles. The third kappa shape index (κ3) is 5.52. The van der Waals surface area contributed by atoms with Crippen LogP contribution in [0.2, 0.25) is 5.02 Å². The van der Waals surface area contributed by atoms with Gasteiger partial charge in [-0.3, -0.25) is 20.2 Å². The van der Waals surface area contributed by atoms with Crippen LogP contribution in [-0.2, 0) is 0 Å². The standard InChI is InChI=1S/C28H21ClN4O5S/c1-15(2)16-7-10-24-21(13-16)31-27(38-24)19-14-17(8-9-20(19)29)30-28(39)32-26(34)25-12-11-23(37-25)18-5-3-4-6-22(18)33(35)36/h3-15H,1-2H3,(H2,30,32,34,39). The lowest BCUT2D eigenvalue weighted by molar-refractivity contribution is -0.384. The minimum Gasteiger partial charge on any atom is -0.451 e. The molecule has 2 heterocycles. The zero-order valence-corrected chi connectivity index (χ0v) is 22.3. The minimum atomic E-state index is -0.619. The Labute approximate surface area is 232 Å². The lowest BCUT2D eigenvalue weighted by atomic mass is 10.0. The maximum Gasteiger partial charge on any atom is 0.293 e. The van der Waals surface area contributed by atoms with E-state index in [1.165, 1.54) is 18.2 Å². The number of fused-ring (bicyclic) bond motifs is 1. The number of thiocarbonyl (C=S) groups is 1. The van der Waals surface area contributed by atoms with Gasteiger partial charge in [-0.1, -0.05) is 43.6 Å². The topological polar surface area (TPSA) is 123 Å². The van der Waals surface area contributed by atoms with Gasteiger partial charge in [-0.15, -0.1) is 0 Å². The number of nitrogens with zero attached hydrogens (tertiary/aromatic N) is 2. The number of nitrogens with one attached hydrogen (secondary N) is 2. The van der Waals surface area contributed by atoms with Gasteiger partial charge in [0.1, 0.15) is 11.3 Å². The first-order valence-corrected chi connectivity index (χ1v) is 12.6. The molecule has 0 bridgehead atoms. The third-order valence-electron chi connectivity index (χ3n) is 5.96. The fraction of sp³-hybridized carbons (Fsp3) is 0.107. The molecule has 0 radical (unpaired) electrons. The fourth-order valence-electron chi connectivity index (χ4n) is 3.96. The number of carbonyl (C=O) groups excluding carboxylic acids is 1. The van der Waals surface area contributed by atoms with Crippen LogP contribution in [0.3, 0.4) is 0 Å². The molecule has 3 aromatic carbocycles. The summed E-state index contributed by atoms with van der Waals surface area (Å²) in [7, 11) is 0. The van der Waals surface area contributed by atoms with Gasteiger partial charge < -0.3 is 14.2 Å². The summed E-state index contributed by atoms with van der Waals surface area (Å²) in [4.78, 5) is 28.1. The molecule has 39 heavy (non-hydrogen) atoms. The van der Waals surface area contributed by atoms with Gasteiger partial charge in [-0.2, -0.15) is 0 Å². The minimum absolute atomic E-state index is 0.0102. The molecular weight excluding hydrogens is 540 g/mol. The van der Waals surface area contributed by atoms with Gasteiger partial charge in [-0.25, -0.2) is 4.98 Å². The number of amides is 1. The van der Waals surface area contributed by atoms with Gasteiger partial charge in [0.25, 0.3) is 11.6 Å². The molecule has 0 unspecified atom stereocenters. The summed E-state index contributed by atoms with van der Waals surface area (Å²) >= 11 is 11.7. The Morgan fingerprint density at radius 2 is 1.82 bits per heavy atom. The maximum atomic E-state index is 12.7. The van der Waals surface area contributed by atoms with Crippen molar-refractivity contribution < 1.29 is 18.6 Å². The molecule has 0 aliphatic rings. The highest BCUT2D eigenvalue weighted by Gasteiger charge is 2.20. The van der Waals surface area contributed by atoms with Crippen molar-refractivity contribution in [2.45, 2.75) is 19.8 Å². The average Bonchev–Trinajstić information content (AvgIpc) is 3.57. The summed E-state index contributed by atoms with van der Waals surface area (Å²) in [6.45, 7) is 4.21. The van der Waals surface area contributed by atoms with E-state index >= 15 is 0 Å². The summed E-state index contributed by atoms with van der Waals surface area (Å²) < 4.78 is 11.5. The Hall–Kier alpha value is -4.54. The Morgan fingerprint density at radius 1 is 1.03 bits per heavy atom. The predicted octanol–water partition coefficient (Wildman–Crippen LogP) is 7.57. The Balaban J connectivity index is 1.31. The quantitative estimate of drug-likeness (QED) is 0.124. The van der Waals surface area contributed by atoms with Crippen LogP contribution < -0.4 is 10.6 Å². The van der Waals surface area contributed by atoms with E-state index in [-0.39, 0.29) is 27.9 Å². The zero-order chi connectivity index (χ0) is 27.7. The van der Waals surface area contributed by atoms with Crippen LogP contribution >= 0.6 is 23.8 Å². The van der Waals surface area contributed by atoms with E-state index < -0.39 is 10.8 Å². The highest BCUT2D eigenvalue weighted by molar-refractivity contribution is 7.80. The molecule has 0 saturated heterocycles. The van der Waals surface area contributed by atoms with Crippen molar-refractivity contribution in [3.05, 3.63) is 99.3 Å². The summed E-state index contributed by atoms with van der Waals surface area (Å²) in [6, 6.07) is 20.0. The number of para-hydroxylation sites is 1. The van der Waals surface area contributed by atoms with Crippen LogP contribution in [0.4, 0.5) is 11.4 Å². The Bertz CT molecular complexity index is 1740. The maximum absolute atomic E-state index is 12.7. The van der Waals surface area contributed by atoms with Gasteiger partial charge in [-0.05, 0) is 72.2 Å². The lowest BCUT2D eigenvalue weighted by Gasteiger charge is -2.10. The number of benzene rings is 3. The highest BCUT2D eigenvalue weighted by atomic mass is 35.5. The van der Waals surface area contributed by atoms with Crippen LogP contribution in [0.5, 0.6) is 0 Å². The van der Waals surface area contributed by atoms with E-state index in [0.29, 0.717) is 33.7 Å². The molecule has 0 atom stereocenters. The van der Waals surface area contributed by atoms with E-state index in [1.807, 2.05) is 18.2 Å². The highest BCUT2D eigenvalue weighted by Crippen LogP contribution is 2.34. The lowest BCUT2D eigenvalue weighted by Crippen LogP contribution is -2.33. The number of rotatable bonds is 6. The van der Waals surface area contributed by atoms with Crippen LogP contribution in [0.15, 0.2) is 81.6 Å². The fourth-order valence-corrected chi connectivity index (χ4v) is 4.37. The molecule has 0 fully saturated rings. The third-order valence-corrected chi connectivity index (χ3v) is 6.49. The second-order valence-electron chi connectivity index (χ2n) is 8.94. The SMILES string of the molecule is CC(C)c1ccc2oc(-c3cc(NC(=S)NC(=O)c4ccc(-c5ccccc5[N+](=O)[O-])o4)ccc3Cl)nc2c1. The molecule has 0 aliphatic carbocycles. The predicted molar refractivity (Wildman–Crippen MR) is 153 cm³/mol.